The molecule has 8 nitrogen and oxygen atoms in total. The largest absolute Gasteiger partial charge is 0.379 e. The van der Waals surface area contributed by atoms with Gasteiger partial charge in [-0.05, 0) is 24.6 Å². The van der Waals surface area contributed by atoms with E-state index in [2.05, 4.69) is 10.2 Å². The maximum absolute atomic E-state index is 13.1. The monoisotopic (exact) mass is 472 g/mol. The van der Waals surface area contributed by atoms with Crippen molar-refractivity contribution in [2.45, 2.75) is 23.5 Å². The SMILES string of the molecule is CC(=O)CSc1nnc(-c2cccc(S(=O)(=O)N3CCOCC3)c2)n1Cc1ccccc1. The highest BCUT2D eigenvalue weighted by Crippen LogP contribution is 2.28. The van der Waals surface area contributed by atoms with Gasteiger partial charge in [-0.25, -0.2) is 8.42 Å². The molecule has 168 valence electrons. The highest BCUT2D eigenvalue weighted by Gasteiger charge is 2.27. The van der Waals surface area contributed by atoms with E-state index in [0.29, 0.717) is 55.1 Å². The normalized spacial score (nSPS) is 15.0. The summed E-state index contributed by atoms with van der Waals surface area (Å²) in [5, 5.41) is 9.25. The maximum atomic E-state index is 13.1. The molecular weight excluding hydrogens is 448 g/mol. The number of rotatable bonds is 8. The third-order valence-electron chi connectivity index (χ3n) is 5.00. The Hall–Kier alpha value is -2.53. The van der Waals surface area contributed by atoms with Gasteiger partial charge in [-0.15, -0.1) is 10.2 Å². The van der Waals surface area contributed by atoms with Crippen LogP contribution in [0.3, 0.4) is 0 Å². The number of carbonyl (C=O) groups is 1. The Morgan fingerprint density at radius 2 is 1.81 bits per heavy atom. The predicted octanol–water partition coefficient (Wildman–Crippen LogP) is 2.70. The molecule has 1 saturated heterocycles. The van der Waals surface area contributed by atoms with E-state index in [9.17, 15) is 13.2 Å². The molecule has 0 atom stereocenters. The minimum Gasteiger partial charge on any atom is -0.379 e. The fraction of sp³-hybridized carbons (Fsp3) is 0.318. The van der Waals surface area contributed by atoms with Crippen molar-refractivity contribution in [2.24, 2.45) is 0 Å². The summed E-state index contributed by atoms with van der Waals surface area (Å²) in [6.45, 7) is 3.49. The minimum absolute atomic E-state index is 0.0458. The standard InChI is InChI=1S/C22H24N4O4S2/c1-17(27)16-31-22-24-23-21(26(22)15-18-6-3-2-4-7-18)19-8-5-9-20(14-19)32(28,29)25-10-12-30-13-11-25/h2-9,14H,10-13,15-16H2,1H3. The van der Waals surface area contributed by atoms with Crippen LogP contribution in [0.1, 0.15) is 12.5 Å². The van der Waals surface area contributed by atoms with E-state index < -0.39 is 10.0 Å². The molecule has 0 spiro atoms. The topological polar surface area (TPSA) is 94.4 Å². The number of morpholine rings is 1. The van der Waals surface area contributed by atoms with Crippen molar-refractivity contribution in [3.63, 3.8) is 0 Å². The van der Waals surface area contributed by atoms with E-state index in [1.807, 2.05) is 41.0 Å². The average molecular weight is 473 g/mol. The Labute approximate surface area is 191 Å². The fourth-order valence-corrected chi connectivity index (χ4v) is 5.61. The maximum Gasteiger partial charge on any atom is 0.243 e. The molecule has 0 radical (unpaired) electrons. The van der Waals surface area contributed by atoms with Crippen molar-refractivity contribution < 1.29 is 17.9 Å². The Morgan fingerprint density at radius 3 is 2.53 bits per heavy atom. The number of Topliss-reactive ketones (excluding diaryl/α,β-unsaturated/α-hetero) is 1. The number of ketones is 1. The van der Waals surface area contributed by atoms with Gasteiger partial charge in [-0.1, -0.05) is 54.2 Å². The first-order valence-corrected chi connectivity index (χ1v) is 12.7. The molecule has 3 aromatic rings. The van der Waals surface area contributed by atoms with Crippen LogP contribution in [-0.2, 0) is 26.1 Å². The molecule has 0 aliphatic carbocycles. The molecule has 0 unspecified atom stereocenters. The Kier molecular flexibility index (Phi) is 7.04. The number of ether oxygens (including phenoxy) is 1. The van der Waals surface area contributed by atoms with E-state index in [0.717, 1.165) is 5.56 Å². The van der Waals surface area contributed by atoms with Gasteiger partial charge in [-0.2, -0.15) is 4.31 Å². The third-order valence-corrected chi connectivity index (χ3v) is 8.01. The first-order chi connectivity index (χ1) is 15.4. The lowest BCUT2D eigenvalue weighted by molar-refractivity contribution is -0.114. The van der Waals surface area contributed by atoms with Crippen LogP contribution in [0, 0.1) is 0 Å². The van der Waals surface area contributed by atoms with Gasteiger partial charge in [0.2, 0.25) is 10.0 Å². The van der Waals surface area contributed by atoms with E-state index in [-0.39, 0.29) is 10.7 Å². The number of aromatic nitrogens is 3. The van der Waals surface area contributed by atoms with Crippen molar-refractivity contribution in [3.05, 3.63) is 60.2 Å². The van der Waals surface area contributed by atoms with Crippen LogP contribution in [-0.4, -0.2) is 65.3 Å². The smallest absolute Gasteiger partial charge is 0.243 e. The summed E-state index contributed by atoms with van der Waals surface area (Å²) in [5.41, 5.74) is 1.70. The van der Waals surface area contributed by atoms with Crippen LogP contribution in [0.4, 0.5) is 0 Å². The van der Waals surface area contributed by atoms with Crippen molar-refractivity contribution in [1.82, 2.24) is 19.1 Å². The summed E-state index contributed by atoms with van der Waals surface area (Å²) >= 11 is 1.32. The quantitative estimate of drug-likeness (QED) is 0.465. The minimum atomic E-state index is -3.63. The summed E-state index contributed by atoms with van der Waals surface area (Å²) in [5.74, 6) is 0.890. The van der Waals surface area contributed by atoms with Gasteiger partial charge >= 0.3 is 0 Å². The lowest BCUT2D eigenvalue weighted by Crippen LogP contribution is -2.40. The lowest BCUT2D eigenvalue weighted by Gasteiger charge is -2.26. The third kappa shape index (κ3) is 5.09. The molecule has 0 saturated carbocycles. The van der Waals surface area contributed by atoms with E-state index in [1.165, 1.54) is 23.0 Å². The van der Waals surface area contributed by atoms with Gasteiger partial charge in [0.15, 0.2) is 11.0 Å². The van der Waals surface area contributed by atoms with Crippen LogP contribution in [0.2, 0.25) is 0 Å². The fourth-order valence-electron chi connectivity index (χ4n) is 3.42. The lowest BCUT2D eigenvalue weighted by atomic mass is 10.2. The van der Waals surface area contributed by atoms with Gasteiger partial charge in [0.25, 0.3) is 0 Å². The van der Waals surface area contributed by atoms with Gasteiger partial charge in [-0.3, -0.25) is 9.36 Å². The zero-order valence-corrected chi connectivity index (χ0v) is 19.3. The van der Waals surface area contributed by atoms with Gasteiger partial charge in [0.1, 0.15) is 5.78 Å². The summed E-state index contributed by atoms with van der Waals surface area (Å²) in [6, 6.07) is 16.6. The molecule has 1 aliphatic heterocycles. The zero-order valence-electron chi connectivity index (χ0n) is 17.7. The second-order valence-corrected chi connectivity index (χ2v) is 10.3. The molecule has 4 rings (SSSR count). The Balaban J connectivity index is 1.71. The number of nitrogens with zero attached hydrogens (tertiary/aromatic N) is 4. The molecule has 2 heterocycles. The van der Waals surface area contributed by atoms with Crippen molar-refractivity contribution in [1.29, 1.82) is 0 Å². The van der Waals surface area contributed by atoms with Gasteiger partial charge in [0, 0.05) is 18.7 Å². The molecule has 1 aliphatic rings. The van der Waals surface area contributed by atoms with E-state index >= 15 is 0 Å². The summed E-state index contributed by atoms with van der Waals surface area (Å²) < 4.78 is 34.9. The predicted molar refractivity (Wildman–Crippen MR) is 122 cm³/mol. The first kappa shape index (κ1) is 22.7. The molecule has 0 amide bonds. The van der Waals surface area contributed by atoms with Gasteiger partial charge < -0.3 is 4.74 Å². The summed E-state index contributed by atoms with van der Waals surface area (Å²) in [6.07, 6.45) is 0. The van der Waals surface area contributed by atoms with Crippen molar-refractivity contribution >= 4 is 27.6 Å². The van der Waals surface area contributed by atoms with E-state index in [1.54, 1.807) is 18.2 Å². The molecule has 1 fully saturated rings. The summed E-state index contributed by atoms with van der Waals surface area (Å²) in [7, 11) is -3.63. The molecule has 1 aromatic heterocycles. The molecule has 32 heavy (non-hydrogen) atoms. The van der Waals surface area contributed by atoms with Crippen molar-refractivity contribution in [2.75, 3.05) is 32.1 Å². The van der Waals surface area contributed by atoms with Crippen LogP contribution >= 0.6 is 11.8 Å². The van der Waals surface area contributed by atoms with Crippen LogP contribution in [0.5, 0.6) is 0 Å². The average Bonchev–Trinajstić information content (AvgIpc) is 3.21. The number of hydrogen-bond acceptors (Lipinski definition) is 7. The highest BCUT2D eigenvalue weighted by molar-refractivity contribution is 7.99. The number of thioether (sulfide) groups is 1. The second kappa shape index (κ2) is 9.95. The summed E-state index contributed by atoms with van der Waals surface area (Å²) in [4.78, 5) is 11.7. The molecule has 0 N–H and O–H groups in total. The van der Waals surface area contributed by atoms with Gasteiger partial charge in [0.05, 0.1) is 30.4 Å². The molecular formula is C22H24N4O4S2. The second-order valence-electron chi connectivity index (χ2n) is 7.41. The highest BCUT2D eigenvalue weighted by atomic mass is 32.2. The number of carbonyl (C=O) groups excluding carboxylic acids is 1. The zero-order chi connectivity index (χ0) is 22.6. The molecule has 0 bridgehead atoms. The molecule has 10 heteroatoms. The number of benzene rings is 2. The van der Waals surface area contributed by atoms with Crippen LogP contribution in [0.15, 0.2) is 64.6 Å². The molecule has 2 aromatic carbocycles. The number of hydrogen-bond donors (Lipinski definition) is 0. The van der Waals surface area contributed by atoms with Crippen molar-refractivity contribution in [3.8, 4) is 11.4 Å². The first-order valence-electron chi connectivity index (χ1n) is 10.2. The van der Waals surface area contributed by atoms with Crippen LogP contribution in [0.25, 0.3) is 11.4 Å². The van der Waals surface area contributed by atoms with E-state index in [4.69, 9.17) is 4.74 Å². The number of sulfonamides is 1. The Morgan fingerprint density at radius 1 is 1.06 bits per heavy atom. The van der Waals surface area contributed by atoms with Crippen LogP contribution < -0.4 is 0 Å². The Bertz CT molecular complexity index is 1190.